The molecule has 1 aliphatic carbocycles. The van der Waals surface area contributed by atoms with Crippen LogP contribution in [0.3, 0.4) is 0 Å². The van der Waals surface area contributed by atoms with Crippen molar-refractivity contribution in [2.75, 3.05) is 23.8 Å². The number of aliphatic hydroxyl groups excluding tert-OH is 1. The molecule has 1 fully saturated rings. The molecule has 3 N–H and O–H groups in total. The third-order valence-electron chi connectivity index (χ3n) is 3.49. The molecule has 0 saturated heterocycles. The highest BCUT2D eigenvalue weighted by Gasteiger charge is 2.27. The molecule has 1 aliphatic rings. The molecule has 0 amide bonds. The van der Waals surface area contributed by atoms with Crippen molar-refractivity contribution in [3.8, 4) is 0 Å². The van der Waals surface area contributed by atoms with Crippen LogP contribution in [0.4, 0.5) is 20.2 Å². The van der Waals surface area contributed by atoms with Gasteiger partial charge in [-0.15, -0.1) is 0 Å². The summed E-state index contributed by atoms with van der Waals surface area (Å²) in [6.45, 7) is 0.168. The van der Waals surface area contributed by atoms with Crippen molar-refractivity contribution >= 4 is 11.4 Å². The minimum Gasteiger partial charge on any atom is -0.397 e. The lowest BCUT2D eigenvalue weighted by molar-refractivity contribution is 0.296. The molecule has 0 unspecified atom stereocenters. The number of nitrogen functional groups attached to an aromatic ring is 1. The lowest BCUT2D eigenvalue weighted by atomic mass is 10.1. The van der Waals surface area contributed by atoms with Crippen molar-refractivity contribution in [2.45, 2.75) is 31.7 Å². The van der Waals surface area contributed by atoms with Crippen molar-refractivity contribution in [3.63, 3.8) is 0 Å². The van der Waals surface area contributed by atoms with Crippen LogP contribution < -0.4 is 10.6 Å². The van der Waals surface area contributed by atoms with E-state index in [9.17, 15) is 8.78 Å². The summed E-state index contributed by atoms with van der Waals surface area (Å²) in [6.07, 6.45) is 4.00. The van der Waals surface area contributed by atoms with Crippen LogP contribution in [0, 0.1) is 11.6 Å². The molecular weight excluding hydrogens is 238 g/mol. The highest BCUT2D eigenvalue weighted by Crippen LogP contribution is 2.34. The van der Waals surface area contributed by atoms with E-state index < -0.39 is 11.6 Å². The number of halogens is 2. The van der Waals surface area contributed by atoms with Crippen LogP contribution in [0.1, 0.15) is 25.7 Å². The van der Waals surface area contributed by atoms with Crippen molar-refractivity contribution in [3.05, 3.63) is 23.8 Å². The van der Waals surface area contributed by atoms with Gasteiger partial charge in [-0.05, 0) is 25.0 Å². The molecule has 0 atom stereocenters. The average Bonchev–Trinajstić information content (AvgIpc) is 2.87. The van der Waals surface area contributed by atoms with Gasteiger partial charge in [-0.2, -0.15) is 0 Å². The van der Waals surface area contributed by atoms with E-state index in [-0.39, 0.29) is 30.6 Å². The normalized spacial score (nSPS) is 16.2. The van der Waals surface area contributed by atoms with E-state index >= 15 is 0 Å². The van der Waals surface area contributed by atoms with E-state index in [4.69, 9.17) is 10.8 Å². The zero-order chi connectivity index (χ0) is 13.1. The molecule has 1 aromatic rings. The summed E-state index contributed by atoms with van der Waals surface area (Å²) < 4.78 is 27.2. The first kappa shape index (κ1) is 13.1. The van der Waals surface area contributed by atoms with Gasteiger partial charge in [0.2, 0.25) is 0 Å². The Kier molecular flexibility index (Phi) is 4.01. The molecule has 0 aliphatic heterocycles. The van der Waals surface area contributed by atoms with Crippen molar-refractivity contribution in [2.24, 2.45) is 0 Å². The van der Waals surface area contributed by atoms with Gasteiger partial charge >= 0.3 is 0 Å². The Morgan fingerprint density at radius 2 is 1.94 bits per heavy atom. The highest BCUT2D eigenvalue weighted by molar-refractivity contribution is 5.69. The van der Waals surface area contributed by atoms with Crippen LogP contribution in [0.25, 0.3) is 0 Å². The van der Waals surface area contributed by atoms with Crippen molar-refractivity contribution in [1.29, 1.82) is 0 Å². The Hall–Kier alpha value is -1.36. The quantitative estimate of drug-likeness (QED) is 0.813. The number of hydrogen-bond acceptors (Lipinski definition) is 3. The Labute approximate surface area is 105 Å². The van der Waals surface area contributed by atoms with Crippen LogP contribution in [0.2, 0.25) is 0 Å². The van der Waals surface area contributed by atoms with Crippen LogP contribution in [0.5, 0.6) is 0 Å². The van der Waals surface area contributed by atoms with Crippen LogP contribution in [0.15, 0.2) is 12.1 Å². The average molecular weight is 256 g/mol. The standard InChI is InChI=1S/C13H18F2N2O/c14-10-5-6-11(16)13(12(10)15)17(7-8-18)9-3-1-2-4-9/h5-6,9,18H,1-4,7-8,16H2. The lowest BCUT2D eigenvalue weighted by Gasteiger charge is -2.31. The van der Waals surface area contributed by atoms with Gasteiger partial charge in [-0.3, -0.25) is 0 Å². The Morgan fingerprint density at radius 1 is 1.28 bits per heavy atom. The van der Waals surface area contributed by atoms with Gasteiger partial charge < -0.3 is 15.7 Å². The molecule has 18 heavy (non-hydrogen) atoms. The second-order valence-electron chi connectivity index (χ2n) is 4.65. The number of aliphatic hydroxyl groups is 1. The van der Waals surface area contributed by atoms with E-state index in [1.807, 2.05) is 0 Å². The van der Waals surface area contributed by atoms with Crippen molar-refractivity contribution in [1.82, 2.24) is 0 Å². The predicted molar refractivity (Wildman–Crippen MR) is 67.5 cm³/mol. The summed E-state index contributed by atoms with van der Waals surface area (Å²) in [5.41, 5.74) is 6.07. The first-order chi connectivity index (χ1) is 8.65. The lowest BCUT2D eigenvalue weighted by Crippen LogP contribution is -2.37. The van der Waals surface area contributed by atoms with E-state index in [1.54, 1.807) is 4.90 Å². The van der Waals surface area contributed by atoms with Gasteiger partial charge in [0, 0.05) is 12.6 Å². The molecule has 0 radical (unpaired) electrons. The van der Waals surface area contributed by atoms with Gasteiger partial charge in [-0.25, -0.2) is 8.78 Å². The van der Waals surface area contributed by atoms with E-state index in [0.717, 1.165) is 31.7 Å². The van der Waals surface area contributed by atoms with E-state index in [0.29, 0.717) is 0 Å². The minimum absolute atomic E-state index is 0.0935. The summed E-state index contributed by atoms with van der Waals surface area (Å²) in [4.78, 5) is 1.71. The zero-order valence-corrected chi connectivity index (χ0v) is 10.2. The molecule has 0 heterocycles. The SMILES string of the molecule is Nc1ccc(F)c(F)c1N(CCO)C1CCCC1. The van der Waals surface area contributed by atoms with Crippen molar-refractivity contribution < 1.29 is 13.9 Å². The topological polar surface area (TPSA) is 49.5 Å². The second-order valence-corrected chi connectivity index (χ2v) is 4.65. The Morgan fingerprint density at radius 3 is 2.56 bits per heavy atom. The smallest absolute Gasteiger partial charge is 0.184 e. The molecule has 0 aromatic heterocycles. The monoisotopic (exact) mass is 256 g/mol. The maximum absolute atomic E-state index is 13.9. The van der Waals surface area contributed by atoms with Gasteiger partial charge in [0.1, 0.15) is 0 Å². The summed E-state index contributed by atoms with van der Waals surface area (Å²) in [7, 11) is 0. The number of benzene rings is 1. The molecule has 3 nitrogen and oxygen atoms in total. The summed E-state index contributed by atoms with van der Waals surface area (Å²) in [5, 5.41) is 9.11. The molecular formula is C13H18F2N2O. The summed E-state index contributed by atoms with van der Waals surface area (Å²) >= 11 is 0. The fourth-order valence-electron chi connectivity index (χ4n) is 2.65. The Balaban J connectivity index is 2.38. The fourth-order valence-corrected chi connectivity index (χ4v) is 2.65. The second kappa shape index (κ2) is 5.52. The highest BCUT2D eigenvalue weighted by atomic mass is 19.2. The van der Waals surface area contributed by atoms with E-state index in [1.165, 1.54) is 6.07 Å². The van der Waals surface area contributed by atoms with Gasteiger partial charge in [0.25, 0.3) is 0 Å². The van der Waals surface area contributed by atoms with Crippen LogP contribution in [-0.4, -0.2) is 24.3 Å². The third-order valence-corrected chi connectivity index (χ3v) is 3.49. The van der Waals surface area contributed by atoms with E-state index in [2.05, 4.69) is 0 Å². The molecule has 0 bridgehead atoms. The molecule has 100 valence electrons. The zero-order valence-electron chi connectivity index (χ0n) is 10.2. The number of nitrogens with two attached hydrogens (primary N) is 1. The van der Waals surface area contributed by atoms with Gasteiger partial charge in [0.05, 0.1) is 18.0 Å². The van der Waals surface area contributed by atoms with Crippen LogP contribution in [-0.2, 0) is 0 Å². The first-order valence-corrected chi connectivity index (χ1v) is 6.26. The fraction of sp³-hybridized carbons (Fsp3) is 0.538. The Bertz CT molecular complexity index is 420. The van der Waals surface area contributed by atoms with Gasteiger partial charge in [-0.1, -0.05) is 12.8 Å². The minimum atomic E-state index is -0.921. The molecule has 5 heteroatoms. The maximum atomic E-state index is 13.9. The molecule has 1 aromatic carbocycles. The number of rotatable bonds is 4. The largest absolute Gasteiger partial charge is 0.397 e. The summed E-state index contributed by atoms with van der Waals surface area (Å²) in [5.74, 6) is -1.82. The number of nitrogens with zero attached hydrogens (tertiary/aromatic N) is 1. The molecule has 1 saturated carbocycles. The predicted octanol–water partition coefficient (Wildman–Crippen LogP) is 2.29. The number of anilines is 2. The summed E-state index contributed by atoms with van der Waals surface area (Å²) in [6, 6.07) is 2.53. The first-order valence-electron chi connectivity index (χ1n) is 6.26. The van der Waals surface area contributed by atoms with Crippen LogP contribution >= 0.6 is 0 Å². The molecule has 0 spiro atoms. The third kappa shape index (κ3) is 2.41. The maximum Gasteiger partial charge on any atom is 0.184 e. The number of hydrogen-bond donors (Lipinski definition) is 2. The molecule has 2 rings (SSSR count). The van der Waals surface area contributed by atoms with Gasteiger partial charge in [0.15, 0.2) is 11.6 Å².